The Balaban J connectivity index is 0.000000381. The fraction of sp³-hybridized carbons (Fsp3) is 0.267. The maximum Gasteiger partial charge on any atom is 0.414 e. The van der Waals surface area contributed by atoms with Crippen molar-refractivity contribution in [1.29, 1.82) is 0 Å². The number of hydrogen-bond donors (Lipinski definition) is 5. The van der Waals surface area contributed by atoms with Gasteiger partial charge in [0.1, 0.15) is 0 Å². The summed E-state index contributed by atoms with van der Waals surface area (Å²) in [5.74, 6) is -3.98. The van der Waals surface area contributed by atoms with E-state index in [0.717, 1.165) is 22.7 Å². The minimum atomic E-state index is -1.82. The van der Waals surface area contributed by atoms with Gasteiger partial charge in [0.2, 0.25) is 5.91 Å². The predicted octanol–water partition coefficient (Wildman–Crippen LogP) is 3.64. The minimum Gasteiger partial charge on any atom is -0.473 e. The molecule has 0 saturated carbocycles. The molecule has 10 nitrogen and oxygen atoms in total. The first kappa shape index (κ1) is 30.0. The molecule has 5 N–H and O–H groups in total. The second kappa shape index (κ2) is 13.5. The number of hydrogen-bond acceptors (Lipinski definition) is 6. The lowest BCUT2D eigenvalue weighted by Crippen LogP contribution is -2.39. The third kappa shape index (κ3) is 7.52. The van der Waals surface area contributed by atoms with Crippen molar-refractivity contribution in [2.24, 2.45) is 0 Å². The van der Waals surface area contributed by atoms with Crippen LogP contribution in [0.3, 0.4) is 0 Å². The van der Waals surface area contributed by atoms with E-state index in [2.05, 4.69) is 35.4 Å². The monoisotopic (exact) mass is 547 g/mol. The lowest BCUT2D eigenvalue weighted by molar-refractivity contribution is -0.159. The molecule has 1 atom stereocenters. The molecule has 0 bridgehead atoms. The molecule has 1 fully saturated rings. The maximum absolute atomic E-state index is 13.0. The molecule has 0 spiro atoms. The molecule has 210 valence electrons. The molecule has 4 aromatic rings. The first-order valence-electron chi connectivity index (χ1n) is 12.8. The standard InChI is InChI=1S/C25H23N3O2.C3H8O.C2H2O4/c1-16-9-10-21-20(13-16)18(15-27-21)11-12-26-22-14-24(29)28(25(22)30)23-8-4-6-17-5-2-3-7-19(17)23;1-3(2)4;3-1(4)2(5)6/h2-10,13,15,22,26-27H,11-12,14H2,1H3;3-4H,1-2H3;(H,3,4)(H,5,6). The molecule has 0 radical (unpaired) electrons. The van der Waals surface area contributed by atoms with Gasteiger partial charge in [0.25, 0.3) is 5.91 Å². The summed E-state index contributed by atoms with van der Waals surface area (Å²) in [5.41, 5.74) is 4.21. The summed E-state index contributed by atoms with van der Waals surface area (Å²) in [6.07, 6.45) is 2.83. The quantitative estimate of drug-likeness (QED) is 0.187. The molecule has 1 aliphatic rings. The number of aliphatic carboxylic acids is 2. The van der Waals surface area contributed by atoms with E-state index in [4.69, 9.17) is 24.9 Å². The Kier molecular flexibility index (Phi) is 10.1. The van der Waals surface area contributed by atoms with Crippen molar-refractivity contribution in [2.75, 3.05) is 11.4 Å². The van der Waals surface area contributed by atoms with Crippen LogP contribution in [-0.4, -0.2) is 62.7 Å². The number of rotatable bonds is 5. The van der Waals surface area contributed by atoms with Crippen LogP contribution < -0.4 is 10.2 Å². The van der Waals surface area contributed by atoms with Gasteiger partial charge in [-0.1, -0.05) is 48.0 Å². The highest BCUT2D eigenvalue weighted by molar-refractivity contribution is 6.27. The van der Waals surface area contributed by atoms with Crippen LogP contribution in [0.4, 0.5) is 5.69 Å². The number of imide groups is 1. The van der Waals surface area contributed by atoms with E-state index in [0.29, 0.717) is 12.2 Å². The van der Waals surface area contributed by atoms with Crippen LogP contribution in [0.15, 0.2) is 66.9 Å². The van der Waals surface area contributed by atoms with Crippen molar-refractivity contribution in [2.45, 2.75) is 45.8 Å². The lowest BCUT2D eigenvalue weighted by atomic mass is 10.1. The van der Waals surface area contributed by atoms with E-state index in [1.54, 1.807) is 13.8 Å². The molecule has 2 amide bonds. The van der Waals surface area contributed by atoms with Crippen LogP contribution in [0, 0.1) is 6.92 Å². The second-order valence-electron chi connectivity index (χ2n) is 9.59. The number of carboxylic acid groups (broad SMARTS) is 2. The largest absolute Gasteiger partial charge is 0.473 e. The number of benzene rings is 3. The van der Waals surface area contributed by atoms with Crippen molar-refractivity contribution in [3.63, 3.8) is 0 Å². The van der Waals surface area contributed by atoms with Gasteiger partial charge in [-0.25, -0.2) is 14.5 Å². The number of nitrogens with one attached hydrogen (secondary N) is 2. The molecule has 5 rings (SSSR count). The predicted molar refractivity (Wildman–Crippen MR) is 152 cm³/mol. The van der Waals surface area contributed by atoms with Gasteiger partial charge in [-0.15, -0.1) is 0 Å². The Morgan fingerprint density at radius 1 is 1.00 bits per heavy atom. The number of carbonyl (C=O) groups is 4. The van der Waals surface area contributed by atoms with Crippen LogP contribution >= 0.6 is 0 Å². The van der Waals surface area contributed by atoms with Crippen LogP contribution in [0.5, 0.6) is 0 Å². The summed E-state index contributed by atoms with van der Waals surface area (Å²) in [6.45, 7) is 6.16. The number of carboxylic acids is 2. The molecule has 3 aromatic carbocycles. The smallest absolute Gasteiger partial charge is 0.414 e. The van der Waals surface area contributed by atoms with Crippen LogP contribution in [0.1, 0.15) is 31.4 Å². The van der Waals surface area contributed by atoms with Gasteiger partial charge in [-0.2, -0.15) is 0 Å². The van der Waals surface area contributed by atoms with Crippen molar-refractivity contribution in [1.82, 2.24) is 10.3 Å². The van der Waals surface area contributed by atoms with Gasteiger partial charge < -0.3 is 25.6 Å². The number of carbonyl (C=O) groups excluding carboxylic acids is 2. The molecule has 1 aliphatic heterocycles. The number of H-pyrrole nitrogens is 1. The zero-order chi connectivity index (χ0) is 29.4. The molecular formula is C30H33N3O7. The molecule has 2 heterocycles. The first-order chi connectivity index (χ1) is 19.0. The van der Waals surface area contributed by atoms with E-state index in [1.165, 1.54) is 21.4 Å². The fourth-order valence-electron chi connectivity index (χ4n) is 4.33. The van der Waals surface area contributed by atoms with Gasteiger partial charge in [0, 0.05) is 35.1 Å². The number of nitrogens with zero attached hydrogens (tertiary/aromatic N) is 1. The third-order valence-electron chi connectivity index (χ3n) is 6.05. The molecular weight excluding hydrogens is 514 g/mol. The van der Waals surface area contributed by atoms with Crippen molar-refractivity contribution in [3.8, 4) is 0 Å². The number of anilines is 1. The van der Waals surface area contributed by atoms with E-state index < -0.39 is 18.0 Å². The number of aromatic nitrogens is 1. The van der Waals surface area contributed by atoms with E-state index in [-0.39, 0.29) is 24.3 Å². The highest BCUT2D eigenvalue weighted by Crippen LogP contribution is 2.30. The number of aryl methyl sites for hydroxylation is 1. The number of aliphatic hydroxyl groups excluding tert-OH is 1. The Morgan fingerprint density at radius 3 is 2.33 bits per heavy atom. The number of aliphatic hydroxyl groups is 1. The topological polar surface area (TPSA) is 160 Å². The first-order valence-corrected chi connectivity index (χ1v) is 12.8. The van der Waals surface area contributed by atoms with E-state index >= 15 is 0 Å². The minimum absolute atomic E-state index is 0.156. The van der Waals surface area contributed by atoms with Gasteiger partial charge in [0.05, 0.1) is 18.2 Å². The van der Waals surface area contributed by atoms with Crippen LogP contribution in [-0.2, 0) is 25.6 Å². The molecule has 1 aromatic heterocycles. The van der Waals surface area contributed by atoms with Crippen molar-refractivity contribution < 1.29 is 34.5 Å². The zero-order valence-electron chi connectivity index (χ0n) is 22.5. The van der Waals surface area contributed by atoms with Gasteiger partial charge >= 0.3 is 11.9 Å². The summed E-state index contributed by atoms with van der Waals surface area (Å²) in [6, 6.07) is 19.4. The summed E-state index contributed by atoms with van der Waals surface area (Å²) in [7, 11) is 0. The Bertz CT molecular complexity index is 1510. The van der Waals surface area contributed by atoms with Crippen LogP contribution in [0.2, 0.25) is 0 Å². The number of fused-ring (bicyclic) bond motifs is 2. The van der Waals surface area contributed by atoms with Gasteiger partial charge in [0.15, 0.2) is 0 Å². The molecule has 10 heteroatoms. The van der Waals surface area contributed by atoms with E-state index in [1.807, 2.05) is 48.7 Å². The summed E-state index contributed by atoms with van der Waals surface area (Å²) in [4.78, 5) is 48.6. The fourth-order valence-corrected chi connectivity index (χ4v) is 4.33. The third-order valence-corrected chi connectivity index (χ3v) is 6.05. The lowest BCUT2D eigenvalue weighted by Gasteiger charge is -2.17. The zero-order valence-corrected chi connectivity index (χ0v) is 22.5. The van der Waals surface area contributed by atoms with Crippen molar-refractivity contribution in [3.05, 3.63) is 78.0 Å². The Morgan fingerprint density at radius 2 is 1.65 bits per heavy atom. The highest BCUT2D eigenvalue weighted by Gasteiger charge is 2.39. The van der Waals surface area contributed by atoms with Gasteiger partial charge in [-0.3, -0.25) is 9.59 Å². The number of amides is 2. The van der Waals surface area contributed by atoms with E-state index in [9.17, 15) is 9.59 Å². The molecule has 1 saturated heterocycles. The Hall–Kier alpha value is -4.54. The summed E-state index contributed by atoms with van der Waals surface area (Å²) >= 11 is 0. The molecule has 1 unspecified atom stereocenters. The molecule has 0 aliphatic carbocycles. The summed E-state index contributed by atoms with van der Waals surface area (Å²) in [5, 5.41) is 29.3. The second-order valence-corrected chi connectivity index (χ2v) is 9.59. The Labute approximate surface area is 231 Å². The average molecular weight is 548 g/mol. The highest BCUT2D eigenvalue weighted by atomic mass is 16.4. The number of aromatic amines is 1. The maximum atomic E-state index is 13.0. The van der Waals surface area contributed by atoms with Crippen LogP contribution in [0.25, 0.3) is 21.7 Å². The van der Waals surface area contributed by atoms with Crippen molar-refractivity contribution >= 4 is 51.1 Å². The average Bonchev–Trinajstić information content (AvgIpc) is 3.42. The van der Waals surface area contributed by atoms with Gasteiger partial charge in [-0.05, 0) is 56.3 Å². The normalized spacial score (nSPS) is 14.6. The SMILES string of the molecule is CC(C)O.Cc1ccc2[nH]cc(CCNC3CC(=O)N(c4cccc5ccccc45)C3=O)c2c1.O=C(O)C(=O)O. The molecule has 40 heavy (non-hydrogen) atoms. The summed E-state index contributed by atoms with van der Waals surface area (Å²) < 4.78 is 0.